The van der Waals surface area contributed by atoms with Gasteiger partial charge in [0, 0.05) is 11.1 Å². The molecule has 3 rings (SSSR count). The number of carboxylic acid groups (broad SMARTS) is 1. The first-order chi connectivity index (χ1) is 12.3. The van der Waals surface area contributed by atoms with Gasteiger partial charge in [-0.25, -0.2) is 9.18 Å². The van der Waals surface area contributed by atoms with Crippen molar-refractivity contribution < 1.29 is 27.5 Å². The van der Waals surface area contributed by atoms with Gasteiger partial charge in [0.2, 0.25) is 0 Å². The molecule has 0 aliphatic carbocycles. The molecule has 2 aromatic carbocycles. The molecule has 0 saturated heterocycles. The molecule has 134 valence electrons. The summed E-state index contributed by atoms with van der Waals surface area (Å²) in [6, 6.07) is 12.7. The minimum absolute atomic E-state index is 0.0905. The summed E-state index contributed by atoms with van der Waals surface area (Å²) < 4.78 is 54.9. The van der Waals surface area contributed by atoms with Crippen molar-refractivity contribution in [2.75, 3.05) is 0 Å². The third-order valence-corrected chi connectivity index (χ3v) is 3.77. The zero-order chi connectivity index (χ0) is 18.9. The first-order valence-electron chi connectivity index (χ1n) is 7.48. The summed E-state index contributed by atoms with van der Waals surface area (Å²) in [5.74, 6) is -2.57. The van der Waals surface area contributed by atoms with Gasteiger partial charge in [-0.2, -0.15) is 18.3 Å². The number of benzene rings is 2. The van der Waals surface area contributed by atoms with Gasteiger partial charge in [-0.3, -0.25) is 4.68 Å². The molecule has 0 aliphatic heterocycles. The monoisotopic (exact) mass is 364 g/mol. The number of hydrogen-bond acceptors (Lipinski definition) is 2. The highest BCUT2D eigenvalue weighted by Crippen LogP contribution is 2.33. The number of rotatable bonds is 4. The van der Waals surface area contributed by atoms with Gasteiger partial charge in [0.15, 0.2) is 0 Å². The van der Waals surface area contributed by atoms with Crippen molar-refractivity contribution in [3.05, 3.63) is 77.2 Å². The van der Waals surface area contributed by atoms with Gasteiger partial charge in [-0.15, -0.1) is 0 Å². The molecule has 0 aliphatic rings. The maximum atomic E-state index is 14.3. The van der Waals surface area contributed by atoms with E-state index < -0.39 is 35.8 Å². The lowest BCUT2D eigenvalue weighted by atomic mass is 10.1. The number of nitrogens with zero attached hydrogens (tertiary/aromatic N) is 2. The first-order valence-corrected chi connectivity index (χ1v) is 7.48. The zero-order valence-corrected chi connectivity index (χ0v) is 13.2. The Balaban J connectivity index is 2.06. The molecule has 0 radical (unpaired) electrons. The molecule has 0 amide bonds. The van der Waals surface area contributed by atoms with Crippen molar-refractivity contribution in [2.24, 2.45) is 0 Å². The fourth-order valence-corrected chi connectivity index (χ4v) is 2.54. The predicted octanol–water partition coefficient (Wildman–Crippen LogP) is 4.45. The van der Waals surface area contributed by atoms with E-state index in [4.69, 9.17) is 5.11 Å². The summed E-state index contributed by atoms with van der Waals surface area (Å²) >= 11 is 0. The molecule has 8 heteroatoms. The number of alkyl halides is 3. The molecule has 3 aromatic rings. The van der Waals surface area contributed by atoms with E-state index in [1.54, 1.807) is 30.3 Å². The number of hydrogen-bond donors (Lipinski definition) is 1. The van der Waals surface area contributed by atoms with E-state index in [0.29, 0.717) is 10.2 Å². The van der Waals surface area contributed by atoms with Crippen LogP contribution in [-0.2, 0) is 12.7 Å². The average Bonchev–Trinajstić information content (AvgIpc) is 3.01. The van der Waals surface area contributed by atoms with Gasteiger partial charge in [0.05, 0.1) is 17.8 Å². The second-order valence-corrected chi connectivity index (χ2v) is 5.52. The molecule has 0 spiro atoms. The lowest BCUT2D eigenvalue weighted by molar-refractivity contribution is -0.144. The number of halogens is 4. The van der Waals surface area contributed by atoms with Gasteiger partial charge in [-0.1, -0.05) is 42.5 Å². The van der Waals surface area contributed by atoms with E-state index in [1.807, 2.05) is 0 Å². The van der Waals surface area contributed by atoms with Crippen molar-refractivity contribution in [3.8, 4) is 11.3 Å². The SMILES string of the molecule is O=C(O)c1cccc(Cn2nc(-c3ccccc3)cc2C(F)(F)F)c1F. The number of aromatic nitrogens is 2. The number of carboxylic acids is 1. The minimum atomic E-state index is -4.69. The highest BCUT2D eigenvalue weighted by molar-refractivity contribution is 5.88. The summed E-state index contributed by atoms with van der Waals surface area (Å²) in [5.41, 5.74) is -1.27. The Kier molecular flexibility index (Phi) is 4.50. The maximum absolute atomic E-state index is 14.3. The summed E-state index contributed by atoms with van der Waals surface area (Å²) in [6.45, 7) is -0.547. The van der Waals surface area contributed by atoms with Crippen LogP contribution in [-0.4, -0.2) is 20.9 Å². The molecule has 1 heterocycles. The predicted molar refractivity (Wildman–Crippen MR) is 85.1 cm³/mol. The Morgan fingerprint density at radius 1 is 1.08 bits per heavy atom. The fraction of sp³-hybridized carbons (Fsp3) is 0.111. The Morgan fingerprint density at radius 2 is 1.77 bits per heavy atom. The van der Waals surface area contributed by atoms with Crippen LogP contribution < -0.4 is 0 Å². The summed E-state index contributed by atoms with van der Waals surface area (Å²) in [5, 5.41) is 12.9. The molecular formula is C18H12F4N2O2. The second-order valence-electron chi connectivity index (χ2n) is 5.52. The van der Waals surface area contributed by atoms with E-state index in [1.165, 1.54) is 12.1 Å². The molecule has 0 fully saturated rings. The molecule has 0 unspecified atom stereocenters. The van der Waals surface area contributed by atoms with Crippen LogP contribution in [0.2, 0.25) is 0 Å². The van der Waals surface area contributed by atoms with Crippen LogP contribution >= 0.6 is 0 Å². The van der Waals surface area contributed by atoms with E-state index in [2.05, 4.69) is 5.10 Å². The molecule has 0 saturated carbocycles. The van der Waals surface area contributed by atoms with Gasteiger partial charge in [0.1, 0.15) is 11.5 Å². The van der Waals surface area contributed by atoms with Crippen LogP contribution in [0.5, 0.6) is 0 Å². The third kappa shape index (κ3) is 3.44. The molecule has 0 bridgehead atoms. The Morgan fingerprint density at radius 3 is 2.38 bits per heavy atom. The van der Waals surface area contributed by atoms with E-state index in [9.17, 15) is 22.4 Å². The first kappa shape index (κ1) is 17.7. The van der Waals surface area contributed by atoms with Gasteiger partial charge >= 0.3 is 12.1 Å². The number of carbonyl (C=O) groups is 1. The summed E-state index contributed by atoms with van der Waals surface area (Å²) in [7, 11) is 0. The summed E-state index contributed by atoms with van der Waals surface area (Å²) in [4.78, 5) is 11.0. The largest absolute Gasteiger partial charge is 0.478 e. The zero-order valence-electron chi connectivity index (χ0n) is 13.2. The second kappa shape index (κ2) is 6.62. The Bertz CT molecular complexity index is 950. The fourth-order valence-electron chi connectivity index (χ4n) is 2.54. The highest BCUT2D eigenvalue weighted by Gasteiger charge is 2.36. The van der Waals surface area contributed by atoms with Gasteiger partial charge < -0.3 is 5.11 Å². The lowest BCUT2D eigenvalue weighted by Gasteiger charge is -2.11. The van der Waals surface area contributed by atoms with Crippen LogP contribution in [0.4, 0.5) is 17.6 Å². The molecule has 1 N–H and O–H groups in total. The van der Waals surface area contributed by atoms with E-state index >= 15 is 0 Å². The van der Waals surface area contributed by atoms with Crippen LogP contribution in [0.1, 0.15) is 21.6 Å². The van der Waals surface area contributed by atoms with Crippen molar-refractivity contribution in [1.29, 1.82) is 0 Å². The highest BCUT2D eigenvalue weighted by atomic mass is 19.4. The van der Waals surface area contributed by atoms with E-state index in [0.717, 1.165) is 12.1 Å². The Labute approximate surface area is 145 Å². The van der Waals surface area contributed by atoms with Crippen molar-refractivity contribution >= 4 is 5.97 Å². The van der Waals surface area contributed by atoms with Crippen LogP contribution in [0.15, 0.2) is 54.6 Å². The smallest absolute Gasteiger partial charge is 0.433 e. The van der Waals surface area contributed by atoms with Gasteiger partial charge in [0.25, 0.3) is 0 Å². The molecule has 26 heavy (non-hydrogen) atoms. The van der Waals surface area contributed by atoms with Crippen molar-refractivity contribution in [2.45, 2.75) is 12.7 Å². The molecule has 1 aromatic heterocycles. The van der Waals surface area contributed by atoms with Crippen LogP contribution in [0.3, 0.4) is 0 Å². The van der Waals surface area contributed by atoms with E-state index in [-0.39, 0.29) is 11.3 Å². The average molecular weight is 364 g/mol. The normalized spacial score (nSPS) is 11.5. The standard InChI is InChI=1S/C18H12F4N2O2/c19-16-12(7-4-8-13(16)17(25)26)10-24-15(18(20,21)22)9-14(23-24)11-5-2-1-3-6-11/h1-9H,10H2,(H,25,26). The van der Waals surface area contributed by atoms with Crippen LogP contribution in [0.25, 0.3) is 11.3 Å². The molecular weight excluding hydrogens is 352 g/mol. The third-order valence-electron chi connectivity index (χ3n) is 3.77. The van der Waals surface area contributed by atoms with Crippen LogP contribution in [0, 0.1) is 5.82 Å². The lowest BCUT2D eigenvalue weighted by Crippen LogP contribution is -2.16. The topological polar surface area (TPSA) is 55.1 Å². The number of aromatic carboxylic acids is 1. The minimum Gasteiger partial charge on any atom is -0.478 e. The molecule has 0 atom stereocenters. The quantitative estimate of drug-likeness (QED) is 0.696. The maximum Gasteiger partial charge on any atom is 0.433 e. The van der Waals surface area contributed by atoms with Gasteiger partial charge in [-0.05, 0) is 12.1 Å². The Hall–Kier alpha value is -3.16. The van der Waals surface area contributed by atoms with Crippen molar-refractivity contribution in [3.63, 3.8) is 0 Å². The molecule has 4 nitrogen and oxygen atoms in total. The summed E-state index contributed by atoms with van der Waals surface area (Å²) in [6.07, 6.45) is -4.69. The van der Waals surface area contributed by atoms with Crippen molar-refractivity contribution in [1.82, 2.24) is 9.78 Å².